The number of rotatable bonds is 78. The van der Waals surface area contributed by atoms with Gasteiger partial charge in [0.25, 0.3) is 0 Å². The minimum atomic E-state index is -4.96. The number of carbonyl (C=O) groups is 4. The fourth-order valence-electron chi connectivity index (χ4n) is 11.9. The third kappa shape index (κ3) is 70.5. The summed E-state index contributed by atoms with van der Waals surface area (Å²) in [5.41, 5.74) is 0. The Morgan fingerprint density at radius 3 is 0.615 bits per heavy atom. The zero-order valence-electron chi connectivity index (χ0n) is 62.4. The lowest BCUT2D eigenvalue weighted by atomic mass is 10.0. The third-order valence-corrected chi connectivity index (χ3v) is 20.0. The number of phosphoric acid groups is 2. The van der Waals surface area contributed by atoms with Gasteiger partial charge < -0.3 is 33.8 Å². The number of esters is 4. The summed E-state index contributed by atoms with van der Waals surface area (Å²) in [6, 6.07) is 0. The van der Waals surface area contributed by atoms with Crippen LogP contribution >= 0.6 is 15.6 Å². The van der Waals surface area contributed by atoms with Crippen LogP contribution in [0.25, 0.3) is 0 Å². The molecule has 17 nitrogen and oxygen atoms in total. The van der Waals surface area contributed by atoms with Gasteiger partial charge in [0.2, 0.25) is 0 Å². The summed E-state index contributed by atoms with van der Waals surface area (Å²) in [5.74, 6) is -2.11. The molecule has 570 valence electrons. The minimum Gasteiger partial charge on any atom is -0.462 e. The molecule has 0 saturated heterocycles. The number of hydrogen-bond acceptors (Lipinski definition) is 15. The fraction of sp³-hybridized carbons (Fsp3) is 0.948. The highest BCUT2D eigenvalue weighted by Crippen LogP contribution is 2.45. The van der Waals surface area contributed by atoms with Gasteiger partial charge in [0.1, 0.15) is 19.3 Å². The number of phosphoric ester groups is 2. The van der Waals surface area contributed by atoms with Crippen LogP contribution in [0, 0.1) is 0 Å². The molecular formula is C77H150O17P2. The zero-order valence-corrected chi connectivity index (χ0v) is 64.1. The second kappa shape index (κ2) is 71.5. The molecule has 0 fully saturated rings. The molecule has 19 heteroatoms. The number of aliphatic hydroxyl groups is 1. The average molecular weight is 1410 g/mol. The summed E-state index contributed by atoms with van der Waals surface area (Å²) in [6.07, 6.45) is 62.4. The van der Waals surface area contributed by atoms with E-state index in [1.165, 1.54) is 244 Å². The first-order valence-corrected chi connectivity index (χ1v) is 43.3. The maximum Gasteiger partial charge on any atom is 0.472 e. The summed E-state index contributed by atoms with van der Waals surface area (Å²) < 4.78 is 68.5. The third-order valence-electron chi connectivity index (χ3n) is 18.1. The van der Waals surface area contributed by atoms with Gasteiger partial charge in [0, 0.05) is 25.7 Å². The van der Waals surface area contributed by atoms with Crippen LogP contribution in [-0.4, -0.2) is 96.7 Å². The van der Waals surface area contributed by atoms with Gasteiger partial charge in [-0.25, -0.2) is 9.13 Å². The van der Waals surface area contributed by atoms with Crippen LogP contribution in [-0.2, 0) is 65.4 Å². The quantitative estimate of drug-likeness (QED) is 0.0222. The van der Waals surface area contributed by atoms with Crippen molar-refractivity contribution >= 4 is 39.5 Å². The molecule has 0 aliphatic heterocycles. The van der Waals surface area contributed by atoms with E-state index in [1.807, 2.05) is 0 Å². The molecule has 0 aromatic rings. The van der Waals surface area contributed by atoms with Crippen molar-refractivity contribution in [2.45, 2.75) is 431 Å². The normalized spacial score (nSPS) is 13.9. The van der Waals surface area contributed by atoms with Crippen LogP contribution in [0.3, 0.4) is 0 Å². The van der Waals surface area contributed by atoms with Gasteiger partial charge in [0.15, 0.2) is 12.2 Å². The average Bonchev–Trinajstić information content (AvgIpc) is 1.57. The van der Waals surface area contributed by atoms with E-state index in [4.69, 9.17) is 37.0 Å². The number of aliphatic hydroxyl groups excluding tert-OH is 1. The number of ether oxygens (including phenoxy) is 4. The van der Waals surface area contributed by atoms with E-state index in [-0.39, 0.29) is 25.7 Å². The van der Waals surface area contributed by atoms with Gasteiger partial charge in [-0.1, -0.05) is 362 Å². The molecule has 0 radical (unpaired) electrons. The molecule has 0 rings (SSSR count). The molecule has 0 heterocycles. The Labute approximate surface area is 588 Å². The van der Waals surface area contributed by atoms with Crippen molar-refractivity contribution in [2.24, 2.45) is 0 Å². The smallest absolute Gasteiger partial charge is 0.462 e. The summed E-state index contributed by atoms with van der Waals surface area (Å²) in [5, 5.41) is 10.6. The molecule has 96 heavy (non-hydrogen) atoms. The lowest BCUT2D eigenvalue weighted by molar-refractivity contribution is -0.161. The summed E-state index contributed by atoms with van der Waals surface area (Å²) in [6.45, 7) is 4.98. The van der Waals surface area contributed by atoms with E-state index >= 15 is 0 Å². The van der Waals surface area contributed by atoms with E-state index in [9.17, 15) is 43.2 Å². The highest BCUT2D eigenvalue weighted by Gasteiger charge is 2.30. The first-order valence-electron chi connectivity index (χ1n) is 40.3. The Bertz CT molecular complexity index is 1830. The Kier molecular flexibility index (Phi) is 70.0. The van der Waals surface area contributed by atoms with E-state index in [1.54, 1.807) is 0 Å². The molecule has 0 spiro atoms. The second-order valence-corrected chi connectivity index (χ2v) is 30.7. The Hall–Kier alpha value is -1.94. The van der Waals surface area contributed by atoms with Crippen molar-refractivity contribution in [1.82, 2.24) is 0 Å². The molecular weight excluding hydrogens is 1260 g/mol. The predicted molar refractivity (Wildman–Crippen MR) is 391 cm³/mol. The number of unbranched alkanes of at least 4 members (excludes halogenated alkanes) is 52. The van der Waals surface area contributed by atoms with Gasteiger partial charge >= 0.3 is 39.5 Å². The van der Waals surface area contributed by atoms with Crippen molar-refractivity contribution < 1.29 is 80.2 Å². The van der Waals surface area contributed by atoms with Crippen LogP contribution in [0.15, 0.2) is 0 Å². The zero-order chi connectivity index (χ0) is 70.4. The van der Waals surface area contributed by atoms with Crippen molar-refractivity contribution in [3.63, 3.8) is 0 Å². The maximum absolute atomic E-state index is 13.1. The van der Waals surface area contributed by atoms with Crippen molar-refractivity contribution in [2.75, 3.05) is 39.6 Å². The van der Waals surface area contributed by atoms with Gasteiger partial charge in [-0.05, 0) is 25.7 Å². The molecule has 0 aromatic heterocycles. The highest BCUT2D eigenvalue weighted by molar-refractivity contribution is 7.47. The largest absolute Gasteiger partial charge is 0.472 e. The van der Waals surface area contributed by atoms with Crippen LogP contribution in [0.1, 0.15) is 413 Å². The maximum atomic E-state index is 13.1. The lowest BCUT2D eigenvalue weighted by Crippen LogP contribution is -2.30. The molecule has 5 atom stereocenters. The number of carbonyl (C=O) groups excluding carboxylic acids is 4. The lowest BCUT2D eigenvalue weighted by Gasteiger charge is -2.21. The van der Waals surface area contributed by atoms with Gasteiger partial charge in [0.05, 0.1) is 26.4 Å². The first-order chi connectivity index (χ1) is 46.7. The van der Waals surface area contributed by atoms with Gasteiger partial charge in [-0.2, -0.15) is 0 Å². The SMILES string of the molecule is CCCCCCCCCCCCCCCCCCCCCCCC(=O)O[C@H](COC(=O)CCCCCCCCCCCCCCC)COP(=O)(O)OC[C@@H](O)COP(=O)(O)OC[C@@H](COC(=O)CCCCCCCCCCC)OC(=O)CCCCCCCCCCCCCCC. The molecule has 0 bridgehead atoms. The first kappa shape index (κ1) is 94.1. The van der Waals surface area contributed by atoms with Crippen LogP contribution in [0.2, 0.25) is 0 Å². The Balaban J connectivity index is 5.18. The standard InChI is InChI=1S/C77H150O17P2/c1-5-9-13-17-21-25-28-31-32-33-34-35-36-37-38-41-44-48-52-56-60-64-77(82)94-73(68-88-75(80)62-58-54-50-46-42-39-29-26-22-18-14-10-6-2)70-92-96(85,86)90-66-71(78)65-89-95(83,84)91-69-72(67-87-74(79)61-57-53-49-45-24-20-16-12-8-4)93-76(81)63-59-55-51-47-43-40-30-27-23-19-15-11-7-3/h71-73,78H,5-70H2,1-4H3,(H,83,84)(H,85,86)/t71-,72+,73+/m0/s1. The molecule has 0 aliphatic carbocycles. The summed E-state index contributed by atoms with van der Waals surface area (Å²) in [7, 11) is -9.91. The molecule has 0 saturated carbocycles. The van der Waals surface area contributed by atoms with E-state index in [2.05, 4.69) is 27.7 Å². The van der Waals surface area contributed by atoms with Gasteiger partial charge in [-0.3, -0.25) is 37.3 Å². The topological polar surface area (TPSA) is 237 Å². The summed E-state index contributed by atoms with van der Waals surface area (Å²) in [4.78, 5) is 72.8. The summed E-state index contributed by atoms with van der Waals surface area (Å²) >= 11 is 0. The predicted octanol–water partition coefficient (Wildman–Crippen LogP) is 23.0. The minimum absolute atomic E-state index is 0.108. The molecule has 0 aromatic carbocycles. The Morgan fingerprint density at radius 1 is 0.250 bits per heavy atom. The number of hydrogen-bond donors (Lipinski definition) is 3. The highest BCUT2D eigenvalue weighted by atomic mass is 31.2. The monoisotopic (exact) mass is 1410 g/mol. The Morgan fingerprint density at radius 2 is 0.417 bits per heavy atom. The van der Waals surface area contributed by atoms with Crippen LogP contribution in [0.4, 0.5) is 0 Å². The molecule has 3 N–H and O–H groups in total. The molecule has 0 amide bonds. The second-order valence-electron chi connectivity index (χ2n) is 27.7. The van der Waals surface area contributed by atoms with E-state index in [0.29, 0.717) is 25.7 Å². The van der Waals surface area contributed by atoms with Crippen LogP contribution in [0.5, 0.6) is 0 Å². The van der Waals surface area contributed by atoms with Gasteiger partial charge in [-0.15, -0.1) is 0 Å². The molecule has 0 aliphatic rings. The van der Waals surface area contributed by atoms with Crippen molar-refractivity contribution in [3.05, 3.63) is 0 Å². The van der Waals surface area contributed by atoms with E-state index < -0.39 is 97.5 Å². The fourth-order valence-corrected chi connectivity index (χ4v) is 13.5. The van der Waals surface area contributed by atoms with Crippen molar-refractivity contribution in [3.8, 4) is 0 Å². The van der Waals surface area contributed by atoms with Crippen molar-refractivity contribution in [1.29, 1.82) is 0 Å². The van der Waals surface area contributed by atoms with Crippen LogP contribution < -0.4 is 0 Å². The molecule has 2 unspecified atom stereocenters. The van der Waals surface area contributed by atoms with E-state index in [0.717, 1.165) is 89.9 Å².